The summed E-state index contributed by atoms with van der Waals surface area (Å²) in [6.07, 6.45) is 5.54. The molecule has 0 aromatic carbocycles. The van der Waals surface area contributed by atoms with Gasteiger partial charge in [0.15, 0.2) is 0 Å². The predicted molar refractivity (Wildman–Crippen MR) is 59.6 cm³/mol. The zero-order valence-corrected chi connectivity index (χ0v) is 9.10. The molecular formula is C11H23N3. The van der Waals surface area contributed by atoms with Crippen molar-refractivity contribution < 1.29 is 0 Å². The molecule has 0 radical (unpaired) electrons. The molecule has 82 valence electrons. The first-order chi connectivity index (χ1) is 6.95. The van der Waals surface area contributed by atoms with E-state index in [1.807, 2.05) is 0 Å². The van der Waals surface area contributed by atoms with Gasteiger partial charge in [0.05, 0.1) is 0 Å². The highest BCUT2D eigenvalue weighted by molar-refractivity contribution is 4.77. The number of likely N-dealkylation sites (tertiary alicyclic amines) is 1. The third-order valence-electron chi connectivity index (χ3n) is 3.33. The molecule has 2 fully saturated rings. The Morgan fingerprint density at radius 1 is 1.00 bits per heavy atom. The van der Waals surface area contributed by atoms with Gasteiger partial charge >= 0.3 is 0 Å². The molecule has 0 aliphatic carbocycles. The van der Waals surface area contributed by atoms with Gasteiger partial charge in [0.25, 0.3) is 0 Å². The van der Waals surface area contributed by atoms with Crippen LogP contribution < -0.4 is 10.6 Å². The molecule has 1 atom stereocenters. The number of piperidine rings is 1. The van der Waals surface area contributed by atoms with E-state index in [1.165, 1.54) is 51.9 Å². The van der Waals surface area contributed by atoms with E-state index in [2.05, 4.69) is 15.5 Å². The molecule has 3 nitrogen and oxygen atoms in total. The second-order valence-electron chi connectivity index (χ2n) is 4.55. The summed E-state index contributed by atoms with van der Waals surface area (Å²) in [5.74, 6) is 0. The van der Waals surface area contributed by atoms with E-state index in [1.54, 1.807) is 0 Å². The van der Waals surface area contributed by atoms with Crippen molar-refractivity contribution in [3.8, 4) is 0 Å². The van der Waals surface area contributed by atoms with Crippen molar-refractivity contribution in [2.24, 2.45) is 0 Å². The van der Waals surface area contributed by atoms with Crippen LogP contribution in [0.15, 0.2) is 0 Å². The van der Waals surface area contributed by atoms with E-state index in [4.69, 9.17) is 0 Å². The number of rotatable bonds is 2. The molecule has 2 aliphatic rings. The lowest BCUT2D eigenvalue weighted by molar-refractivity contribution is 0.204. The van der Waals surface area contributed by atoms with Gasteiger partial charge < -0.3 is 15.5 Å². The smallest absolute Gasteiger partial charge is 0.0207 e. The molecule has 2 saturated heterocycles. The fourth-order valence-corrected chi connectivity index (χ4v) is 2.48. The van der Waals surface area contributed by atoms with Crippen LogP contribution >= 0.6 is 0 Å². The number of nitrogens with one attached hydrogen (secondary N) is 2. The van der Waals surface area contributed by atoms with Crippen LogP contribution in [0.3, 0.4) is 0 Å². The molecule has 1 unspecified atom stereocenters. The van der Waals surface area contributed by atoms with Gasteiger partial charge in [-0.2, -0.15) is 0 Å². The zero-order valence-electron chi connectivity index (χ0n) is 9.10. The Kier molecular flexibility index (Phi) is 4.22. The third kappa shape index (κ3) is 3.23. The fraction of sp³-hybridized carbons (Fsp3) is 1.00. The van der Waals surface area contributed by atoms with Gasteiger partial charge in [-0.1, -0.05) is 6.42 Å². The number of nitrogens with zero attached hydrogens (tertiary/aromatic N) is 1. The number of hydrogen-bond acceptors (Lipinski definition) is 3. The van der Waals surface area contributed by atoms with Crippen LogP contribution in [-0.2, 0) is 0 Å². The quantitative estimate of drug-likeness (QED) is 0.672. The first-order valence-corrected chi connectivity index (χ1v) is 6.11. The molecule has 2 rings (SSSR count). The Hall–Kier alpha value is -0.120. The van der Waals surface area contributed by atoms with E-state index < -0.39 is 0 Å². The Bertz CT molecular complexity index is 147. The third-order valence-corrected chi connectivity index (χ3v) is 3.33. The minimum Gasteiger partial charge on any atom is -0.315 e. The minimum atomic E-state index is 0.725. The molecule has 2 N–H and O–H groups in total. The maximum atomic E-state index is 3.62. The van der Waals surface area contributed by atoms with Gasteiger partial charge in [-0.3, -0.25) is 0 Å². The van der Waals surface area contributed by atoms with E-state index in [9.17, 15) is 0 Å². The molecule has 0 amide bonds. The normalized spacial score (nSPS) is 31.3. The van der Waals surface area contributed by atoms with Crippen molar-refractivity contribution in [3.05, 3.63) is 0 Å². The summed E-state index contributed by atoms with van der Waals surface area (Å²) >= 11 is 0. The summed E-state index contributed by atoms with van der Waals surface area (Å²) in [6, 6.07) is 0.725. The summed E-state index contributed by atoms with van der Waals surface area (Å²) < 4.78 is 0. The van der Waals surface area contributed by atoms with E-state index in [0.29, 0.717) is 0 Å². The predicted octanol–water partition coefficient (Wildman–Crippen LogP) is 0.424. The zero-order chi connectivity index (χ0) is 9.64. The van der Waals surface area contributed by atoms with Gasteiger partial charge in [0, 0.05) is 25.7 Å². The lowest BCUT2D eigenvalue weighted by Gasteiger charge is -2.30. The highest BCUT2D eigenvalue weighted by atomic mass is 15.2. The monoisotopic (exact) mass is 197 g/mol. The maximum Gasteiger partial charge on any atom is 0.0207 e. The largest absolute Gasteiger partial charge is 0.315 e. The molecule has 0 aromatic rings. The van der Waals surface area contributed by atoms with Crippen molar-refractivity contribution in [1.29, 1.82) is 0 Å². The minimum absolute atomic E-state index is 0.725. The van der Waals surface area contributed by atoms with E-state index in [0.717, 1.165) is 19.1 Å². The maximum absolute atomic E-state index is 3.62. The van der Waals surface area contributed by atoms with E-state index in [-0.39, 0.29) is 0 Å². The highest BCUT2D eigenvalue weighted by Crippen LogP contribution is 2.09. The van der Waals surface area contributed by atoms with Crippen molar-refractivity contribution in [3.63, 3.8) is 0 Å². The van der Waals surface area contributed by atoms with Gasteiger partial charge in [0.1, 0.15) is 0 Å². The van der Waals surface area contributed by atoms with Crippen LogP contribution in [0.1, 0.15) is 25.7 Å². The first kappa shape index (κ1) is 10.4. The summed E-state index contributed by atoms with van der Waals surface area (Å²) in [5.41, 5.74) is 0. The highest BCUT2D eigenvalue weighted by Gasteiger charge is 2.16. The van der Waals surface area contributed by atoms with Crippen molar-refractivity contribution in [2.45, 2.75) is 31.7 Å². The standard InChI is InChI=1S/C11H23N3/c1-2-8-14(9-3-1)10-11-4-5-12-6-7-13-11/h11-13H,1-10H2. The molecule has 0 saturated carbocycles. The van der Waals surface area contributed by atoms with Crippen LogP contribution in [0.4, 0.5) is 0 Å². The molecule has 0 aromatic heterocycles. The summed E-state index contributed by atoms with van der Waals surface area (Å²) in [4.78, 5) is 2.63. The van der Waals surface area contributed by atoms with Crippen LogP contribution in [0.2, 0.25) is 0 Å². The van der Waals surface area contributed by atoms with Crippen LogP contribution in [-0.4, -0.2) is 50.2 Å². The SMILES string of the molecule is C1CCN(CC2CCNCCN2)CC1. The number of hydrogen-bond donors (Lipinski definition) is 2. The molecular weight excluding hydrogens is 174 g/mol. The Morgan fingerprint density at radius 2 is 1.86 bits per heavy atom. The first-order valence-electron chi connectivity index (χ1n) is 6.11. The van der Waals surface area contributed by atoms with Gasteiger partial charge in [-0.15, -0.1) is 0 Å². The second-order valence-corrected chi connectivity index (χ2v) is 4.55. The molecule has 0 bridgehead atoms. The van der Waals surface area contributed by atoms with Crippen LogP contribution in [0.5, 0.6) is 0 Å². The molecule has 3 heteroatoms. The molecule has 0 spiro atoms. The molecule has 2 aliphatic heterocycles. The summed E-state index contributed by atoms with van der Waals surface area (Å²) in [5, 5.41) is 7.06. The van der Waals surface area contributed by atoms with Gasteiger partial charge in [-0.05, 0) is 38.9 Å². The van der Waals surface area contributed by atoms with Gasteiger partial charge in [0.2, 0.25) is 0 Å². The summed E-state index contributed by atoms with van der Waals surface area (Å²) in [7, 11) is 0. The molecule has 14 heavy (non-hydrogen) atoms. The van der Waals surface area contributed by atoms with Crippen molar-refractivity contribution in [1.82, 2.24) is 15.5 Å². The van der Waals surface area contributed by atoms with Gasteiger partial charge in [-0.25, -0.2) is 0 Å². The Labute approximate surface area is 87.2 Å². The summed E-state index contributed by atoms with van der Waals surface area (Å²) in [6.45, 7) is 7.37. The average Bonchev–Trinajstić information content (AvgIpc) is 2.48. The average molecular weight is 197 g/mol. The lowest BCUT2D eigenvalue weighted by atomic mass is 10.1. The fourth-order valence-electron chi connectivity index (χ4n) is 2.48. The van der Waals surface area contributed by atoms with E-state index >= 15 is 0 Å². The van der Waals surface area contributed by atoms with Crippen LogP contribution in [0, 0.1) is 0 Å². The Balaban J connectivity index is 1.71. The molecule has 2 heterocycles. The Morgan fingerprint density at radius 3 is 2.71 bits per heavy atom. The topological polar surface area (TPSA) is 27.3 Å². The van der Waals surface area contributed by atoms with Crippen LogP contribution in [0.25, 0.3) is 0 Å². The lowest BCUT2D eigenvalue weighted by Crippen LogP contribution is -2.43. The second kappa shape index (κ2) is 5.69. The van der Waals surface area contributed by atoms with Crippen molar-refractivity contribution >= 4 is 0 Å². The van der Waals surface area contributed by atoms with Crippen molar-refractivity contribution in [2.75, 3.05) is 39.3 Å².